The minimum Gasteiger partial charge on any atom is -0.327 e. The number of alkyl halides is 3. The Balaban J connectivity index is 4.44. The van der Waals surface area contributed by atoms with Crippen molar-refractivity contribution >= 4 is 0 Å². The van der Waals surface area contributed by atoms with Gasteiger partial charge in [0.2, 0.25) is 0 Å². The van der Waals surface area contributed by atoms with Crippen molar-refractivity contribution in [3.05, 3.63) is 0 Å². The zero-order valence-corrected chi connectivity index (χ0v) is 10.6. The Kier molecular flexibility index (Phi) is 5.76. The molecule has 1 atom stereocenters. The molecule has 98 valence electrons. The highest BCUT2D eigenvalue weighted by molar-refractivity contribution is 4.82. The monoisotopic (exact) mass is 240 g/mol. The quantitative estimate of drug-likeness (QED) is 0.773. The molecule has 0 radical (unpaired) electrons. The third kappa shape index (κ3) is 6.33. The molecule has 0 fully saturated rings. The van der Waals surface area contributed by atoms with E-state index < -0.39 is 12.7 Å². The molecule has 0 saturated carbocycles. The maximum atomic E-state index is 12.3. The van der Waals surface area contributed by atoms with Gasteiger partial charge in [-0.25, -0.2) is 0 Å². The number of hydrogen-bond acceptors (Lipinski definition) is 2. The predicted molar refractivity (Wildman–Crippen MR) is 60.2 cm³/mol. The Hall–Kier alpha value is -0.290. The lowest BCUT2D eigenvalue weighted by Gasteiger charge is -2.35. The second-order valence-corrected chi connectivity index (χ2v) is 5.10. The van der Waals surface area contributed by atoms with Gasteiger partial charge in [-0.2, -0.15) is 13.2 Å². The Morgan fingerprint density at radius 2 is 1.69 bits per heavy atom. The SMILES string of the molecule is CCCN(CC(F)(F)F)CC(C)(C)C(C)N. The summed E-state index contributed by atoms with van der Waals surface area (Å²) < 4.78 is 37.0. The largest absolute Gasteiger partial charge is 0.401 e. The van der Waals surface area contributed by atoms with Crippen LogP contribution in [0.1, 0.15) is 34.1 Å². The van der Waals surface area contributed by atoms with Crippen molar-refractivity contribution in [1.82, 2.24) is 4.90 Å². The van der Waals surface area contributed by atoms with E-state index in [1.54, 1.807) is 0 Å². The highest BCUT2D eigenvalue weighted by Gasteiger charge is 2.33. The van der Waals surface area contributed by atoms with E-state index in [1.165, 1.54) is 4.90 Å². The van der Waals surface area contributed by atoms with Crippen molar-refractivity contribution in [2.75, 3.05) is 19.6 Å². The van der Waals surface area contributed by atoms with Gasteiger partial charge in [0.25, 0.3) is 0 Å². The third-order valence-corrected chi connectivity index (χ3v) is 2.81. The molecule has 0 saturated heterocycles. The summed E-state index contributed by atoms with van der Waals surface area (Å²) in [6, 6.07) is -0.125. The minimum atomic E-state index is -4.14. The van der Waals surface area contributed by atoms with Gasteiger partial charge in [-0.1, -0.05) is 20.8 Å². The van der Waals surface area contributed by atoms with Gasteiger partial charge >= 0.3 is 6.18 Å². The lowest BCUT2D eigenvalue weighted by Crippen LogP contribution is -2.47. The van der Waals surface area contributed by atoms with Crippen LogP contribution in [0.4, 0.5) is 13.2 Å². The summed E-state index contributed by atoms with van der Waals surface area (Å²) in [5.41, 5.74) is 5.47. The van der Waals surface area contributed by atoms with E-state index in [0.717, 1.165) is 0 Å². The van der Waals surface area contributed by atoms with E-state index in [4.69, 9.17) is 5.73 Å². The molecule has 0 rings (SSSR count). The maximum absolute atomic E-state index is 12.3. The van der Waals surface area contributed by atoms with Gasteiger partial charge in [-0.05, 0) is 25.3 Å². The zero-order valence-electron chi connectivity index (χ0n) is 10.6. The van der Waals surface area contributed by atoms with Crippen LogP contribution in [0, 0.1) is 5.41 Å². The van der Waals surface area contributed by atoms with Crippen LogP contribution in [0.5, 0.6) is 0 Å². The lowest BCUT2D eigenvalue weighted by atomic mass is 9.85. The van der Waals surface area contributed by atoms with Crippen LogP contribution < -0.4 is 5.73 Å². The van der Waals surface area contributed by atoms with Crippen molar-refractivity contribution in [1.29, 1.82) is 0 Å². The highest BCUT2D eigenvalue weighted by atomic mass is 19.4. The molecule has 5 heteroatoms. The van der Waals surface area contributed by atoms with Crippen LogP contribution in [-0.2, 0) is 0 Å². The number of nitrogens with two attached hydrogens (primary N) is 1. The van der Waals surface area contributed by atoms with E-state index in [1.807, 2.05) is 27.7 Å². The molecule has 0 aromatic carbocycles. The number of nitrogens with zero attached hydrogens (tertiary/aromatic N) is 1. The zero-order chi connectivity index (χ0) is 13.0. The van der Waals surface area contributed by atoms with Gasteiger partial charge in [-0.3, -0.25) is 4.90 Å². The first-order chi connectivity index (χ1) is 7.08. The summed E-state index contributed by atoms with van der Waals surface area (Å²) in [6.07, 6.45) is -3.42. The van der Waals surface area contributed by atoms with Gasteiger partial charge in [0, 0.05) is 12.6 Å². The van der Waals surface area contributed by atoms with Crippen LogP contribution in [0.15, 0.2) is 0 Å². The summed E-state index contributed by atoms with van der Waals surface area (Å²) in [5, 5.41) is 0. The van der Waals surface area contributed by atoms with Crippen LogP contribution >= 0.6 is 0 Å². The molecule has 0 aliphatic rings. The smallest absolute Gasteiger partial charge is 0.327 e. The molecule has 0 aliphatic carbocycles. The lowest BCUT2D eigenvalue weighted by molar-refractivity contribution is -0.148. The molecule has 16 heavy (non-hydrogen) atoms. The van der Waals surface area contributed by atoms with Crippen molar-refractivity contribution in [3.8, 4) is 0 Å². The van der Waals surface area contributed by atoms with Gasteiger partial charge in [0.05, 0.1) is 6.54 Å². The van der Waals surface area contributed by atoms with Crippen LogP contribution in [-0.4, -0.2) is 36.8 Å². The second kappa shape index (κ2) is 5.87. The Morgan fingerprint density at radius 3 is 2.00 bits per heavy atom. The average molecular weight is 240 g/mol. The van der Waals surface area contributed by atoms with Gasteiger partial charge in [0.15, 0.2) is 0 Å². The van der Waals surface area contributed by atoms with E-state index >= 15 is 0 Å². The van der Waals surface area contributed by atoms with Crippen LogP contribution in [0.3, 0.4) is 0 Å². The van der Waals surface area contributed by atoms with Crippen LogP contribution in [0.25, 0.3) is 0 Å². The molecule has 0 aliphatic heterocycles. The summed E-state index contributed by atoms with van der Waals surface area (Å²) in [6.45, 7) is 7.48. The third-order valence-electron chi connectivity index (χ3n) is 2.81. The first-order valence-electron chi connectivity index (χ1n) is 5.63. The maximum Gasteiger partial charge on any atom is 0.401 e. The summed E-state index contributed by atoms with van der Waals surface area (Å²) in [5.74, 6) is 0. The molecule has 0 aromatic heterocycles. The van der Waals surface area contributed by atoms with E-state index in [9.17, 15) is 13.2 Å². The van der Waals surface area contributed by atoms with Gasteiger partial charge < -0.3 is 5.73 Å². The molecule has 1 unspecified atom stereocenters. The Bertz CT molecular complexity index is 200. The Morgan fingerprint density at radius 1 is 1.19 bits per heavy atom. The fourth-order valence-electron chi connectivity index (χ4n) is 1.50. The standard InChI is InChI=1S/C11H23F3N2/c1-5-6-16(8-11(12,13)14)7-10(3,4)9(2)15/h9H,5-8,15H2,1-4H3. The molecular weight excluding hydrogens is 217 g/mol. The summed E-state index contributed by atoms with van der Waals surface area (Å²) in [4.78, 5) is 1.43. The topological polar surface area (TPSA) is 29.3 Å². The van der Waals surface area contributed by atoms with Gasteiger partial charge in [0.1, 0.15) is 0 Å². The molecular formula is C11H23F3N2. The first kappa shape index (κ1) is 15.7. The minimum absolute atomic E-state index is 0.125. The van der Waals surface area contributed by atoms with E-state index in [0.29, 0.717) is 19.5 Å². The van der Waals surface area contributed by atoms with E-state index in [2.05, 4.69) is 0 Å². The molecule has 0 heterocycles. The highest BCUT2D eigenvalue weighted by Crippen LogP contribution is 2.24. The number of halogens is 3. The second-order valence-electron chi connectivity index (χ2n) is 5.10. The number of hydrogen-bond donors (Lipinski definition) is 1. The van der Waals surface area contributed by atoms with Crippen molar-refractivity contribution in [3.63, 3.8) is 0 Å². The van der Waals surface area contributed by atoms with Gasteiger partial charge in [-0.15, -0.1) is 0 Å². The fourth-order valence-corrected chi connectivity index (χ4v) is 1.50. The van der Waals surface area contributed by atoms with E-state index in [-0.39, 0.29) is 11.5 Å². The Labute approximate surface area is 96.0 Å². The molecule has 0 amide bonds. The fraction of sp³-hybridized carbons (Fsp3) is 1.00. The molecule has 0 bridgehead atoms. The normalized spacial score (nSPS) is 15.6. The first-order valence-corrected chi connectivity index (χ1v) is 5.63. The van der Waals surface area contributed by atoms with Crippen molar-refractivity contribution < 1.29 is 13.2 Å². The van der Waals surface area contributed by atoms with Crippen molar-refractivity contribution in [2.45, 2.75) is 46.3 Å². The van der Waals surface area contributed by atoms with Crippen molar-refractivity contribution in [2.24, 2.45) is 11.1 Å². The number of rotatable bonds is 6. The molecule has 0 spiro atoms. The average Bonchev–Trinajstić information content (AvgIpc) is 1.99. The van der Waals surface area contributed by atoms with Crippen LogP contribution in [0.2, 0.25) is 0 Å². The molecule has 2 nitrogen and oxygen atoms in total. The predicted octanol–water partition coefficient (Wildman–Crippen LogP) is 2.63. The summed E-state index contributed by atoms with van der Waals surface area (Å²) >= 11 is 0. The molecule has 2 N–H and O–H groups in total. The molecule has 0 aromatic rings. The summed E-state index contributed by atoms with van der Waals surface area (Å²) in [7, 11) is 0.